The Bertz CT molecular complexity index is 497. The van der Waals surface area contributed by atoms with Gasteiger partial charge in [-0.15, -0.1) is 10.2 Å². The predicted molar refractivity (Wildman–Crippen MR) is 62.5 cm³/mol. The van der Waals surface area contributed by atoms with Gasteiger partial charge in [0.1, 0.15) is 12.1 Å². The van der Waals surface area contributed by atoms with Crippen LogP contribution in [0.3, 0.4) is 0 Å². The summed E-state index contributed by atoms with van der Waals surface area (Å²) in [5.41, 5.74) is 6.44. The molecule has 0 fully saturated rings. The number of nitrogen functional groups attached to an aromatic ring is 1. The molecule has 6 heteroatoms. The lowest BCUT2D eigenvalue weighted by atomic mass is 10.3. The van der Waals surface area contributed by atoms with Gasteiger partial charge >= 0.3 is 0 Å². The third-order valence-electron chi connectivity index (χ3n) is 2.02. The Labute approximate surface area is 97.6 Å². The highest BCUT2D eigenvalue weighted by Crippen LogP contribution is 2.30. The molecule has 0 radical (unpaired) electrons. The van der Waals surface area contributed by atoms with E-state index in [0.29, 0.717) is 5.69 Å². The van der Waals surface area contributed by atoms with Crippen molar-refractivity contribution in [3.63, 3.8) is 0 Å². The van der Waals surface area contributed by atoms with E-state index >= 15 is 0 Å². The number of hydrogen-bond acceptors (Lipinski definition) is 5. The molecule has 2 N–H and O–H groups in total. The fraction of sp³-hybridized carbons (Fsp3) is 0.200. The maximum atomic E-state index is 5.77. The number of aromatic nitrogens is 3. The van der Waals surface area contributed by atoms with E-state index in [4.69, 9.17) is 10.5 Å². The molecule has 0 amide bonds. The predicted octanol–water partition coefficient (Wildman–Crippen LogP) is 1.56. The number of anilines is 1. The van der Waals surface area contributed by atoms with E-state index in [1.165, 1.54) is 11.8 Å². The quantitative estimate of drug-likeness (QED) is 0.819. The molecule has 84 valence electrons. The zero-order valence-corrected chi connectivity index (χ0v) is 9.86. The van der Waals surface area contributed by atoms with Crippen LogP contribution in [-0.2, 0) is 7.05 Å². The lowest BCUT2D eigenvalue weighted by Gasteiger charge is -2.05. The lowest BCUT2D eigenvalue weighted by molar-refractivity contribution is 0.414. The van der Waals surface area contributed by atoms with Gasteiger partial charge in [-0.1, -0.05) is 0 Å². The summed E-state index contributed by atoms with van der Waals surface area (Å²) in [5, 5.41) is 8.62. The monoisotopic (exact) mass is 236 g/mol. The van der Waals surface area contributed by atoms with Crippen LogP contribution >= 0.6 is 11.8 Å². The van der Waals surface area contributed by atoms with Crippen molar-refractivity contribution < 1.29 is 4.74 Å². The van der Waals surface area contributed by atoms with Crippen LogP contribution in [0.2, 0.25) is 0 Å². The van der Waals surface area contributed by atoms with E-state index in [1.807, 2.05) is 23.7 Å². The molecule has 2 aromatic rings. The standard InChI is InChI=1S/C10H12N4OS/c1-14-6-12-13-10(14)16-9-4-7(11)3-8(5-9)15-2/h3-6H,11H2,1-2H3. The number of benzene rings is 1. The van der Waals surface area contributed by atoms with Crippen LogP contribution in [0.15, 0.2) is 34.6 Å². The number of hydrogen-bond donors (Lipinski definition) is 1. The zero-order valence-electron chi connectivity index (χ0n) is 9.04. The minimum atomic E-state index is 0.670. The SMILES string of the molecule is COc1cc(N)cc(Sc2nncn2C)c1. The number of rotatable bonds is 3. The lowest BCUT2D eigenvalue weighted by Crippen LogP contribution is -1.91. The summed E-state index contributed by atoms with van der Waals surface area (Å²) in [6.07, 6.45) is 1.66. The van der Waals surface area contributed by atoms with E-state index in [0.717, 1.165) is 15.8 Å². The van der Waals surface area contributed by atoms with Gasteiger partial charge in [0.2, 0.25) is 0 Å². The third-order valence-corrected chi connectivity index (χ3v) is 3.04. The van der Waals surface area contributed by atoms with Crippen LogP contribution in [0.5, 0.6) is 5.75 Å². The van der Waals surface area contributed by atoms with Crippen LogP contribution < -0.4 is 10.5 Å². The van der Waals surface area contributed by atoms with Crippen molar-refractivity contribution in [2.24, 2.45) is 7.05 Å². The first-order valence-corrected chi connectivity index (χ1v) is 5.47. The van der Waals surface area contributed by atoms with Crippen molar-refractivity contribution >= 4 is 17.4 Å². The first kappa shape index (κ1) is 10.8. The molecule has 0 aliphatic heterocycles. The molecule has 1 aromatic heterocycles. The average Bonchev–Trinajstić information content (AvgIpc) is 2.63. The molecule has 2 rings (SSSR count). The highest BCUT2D eigenvalue weighted by Gasteiger charge is 2.05. The fourth-order valence-electron chi connectivity index (χ4n) is 1.24. The van der Waals surface area contributed by atoms with Gasteiger partial charge in [-0.3, -0.25) is 0 Å². The number of nitrogens with two attached hydrogens (primary N) is 1. The molecule has 0 unspecified atom stereocenters. The first-order chi connectivity index (χ1) is 7.69. The van der Waals surface area contributed by atoms with E-state index in [1.54, 1.807) is 19.5 Å². The molecule has 0 bridgehead atoms. The van der Waals surface area contributed by atoms with Crippen molar-refractivity contribution in [3.05, 3.63) is 24.5 Å². The number of methoxy groups -OCH3 is 1. The van der Waals surface area contributed by atoms with Crippen molar-refractivity contribution in [2.75, 3.05) is 12.8 Å². The summed E-state index contributed by atoms with van der Waals surface area (Å²) < 4.78 is 7.00. The van der Waals surface area contributed by atoms with Gasteiger partial charge in [-0.2, -0.15) is 0 Å². The van der Waals surface area contributed by atoms with Gasteiger partial charge in [0.05, 0.1) is 7.11 Å². The van der Waals surface area contributed by atoms with E-state index < -0.39 is 0 Å². The van der Waals surface area contributed by atoms with Crippen LogP contribution in [0.1, 0.15) is 0 Å². The molecule has 0 saturated heterocycles. The second-order valence-corrected chi connectivity index (χ2v) is 4.31. The Balaban J connectivity index is 2.28. The van der Waals surface area contributed by atoms with Crippen molar-refractivity contribution in [1.82, 2.24) is 14.8 Å². The smallest absolute Gasteiger partial charge is 0.195 e. The van der Waals surface area contributed by atoms with E-state index in [-0.39, 0.29) is 0 Å². The molecule has 0 atom stereocenters. The highest BCUT2D eigenvalue weighted by atomic mass is 32.2. The molecule has 1 aromatic carbocycles. The van der Waals surface area contributed by atoms with Crippen LogP contribution in [-0.4, -0.2) is 21.9 Å². The third kappa shape index (κ3) is 2.27. The maximum Gasteiger partial charge on any atom is 0.195 e. The molecule has 0 saturated carbocycles. The summed E-state index contributed by atoms with van der Waals surface area (Å²) >= 11 is 1.49. The maximum absolute atomic E-state index is 5.77. The second-order valence-electron chi connectivity index (χ2n) is 3.27. The van der Waals surface area contributed by atoms with Gasteiger partial charge in [0.15, 0.2) is 5.16 Å². The Morgan fingerprint density at radius 3 is 2.81 bits per heavy atom. The van der Waals surface area contributed by atoms with Crippen molar-refractivity contribution in [2.45, 2.75) is 10.1 Å². The largest absolute Gasteiger partial charge is 0.497 e. The molecule has 5 nitrogen and oxygen atoms in total. The summed E-state index contributed by atoms with van der Waals surface area (Å²) in [6.45, 7) is 0. The number of ether oxygens (including phenoxy) is 1. The Morgan fingerprint density at radius 1 is 1.38 bits per heavy atom. The van der Waals surface area contributed by atoms with Crippen LogP contribution in [0.25, 0.3) is 0 Å². The minimum Gasteiger partial charge on any atom is -0.497 e. The Morgan fingerprint density at radius 2 is 2.19 bits per heavy atom. The molecule has 0 spiro atoms. The van der Waals surface area contributed by atoms with E-state index in [9.17, 15) is 0 Å². The molecular weight excluding hydrogens is 224 g/mol. The first-order valence-electron chi connectivity index (χ1n) is 4.65. The van der Waals surface area contributed by atoms with Gasteiger partial charge in [0.25, 0.3) is 0 Å². The van der Waals surface area contributed by atoms with Crippen molar-refractivity contribution in [3.8, 4) is 5.75 Å². The average molecular weight is 236 g/mol. The van der Waals surface area contributed by atoms with Gasteiger partial charge in [0, 0.05) is 23.7 Å². The fourth-order valence-corrected chi connectivity index (χ4v) is 2.10. The second kappa shape index (κ2) is 4.44. The molecule has 0 aliphatic carbocycles. The Hall–Kier alpha value is -1.69. The number of aryl methyl sites for hydroxylation is 1. The summed E-state index contributed by atoms with van der Waals surface area (Å²) in [7, 11) is 3.51. The molecule has 0 aliphatic rings. The van der Waals surface area contributed by atoms with Crippen LogP contribution in [0.4, 0.5) is 5.69 Å². The minimum absolute atomic E-state index is 0.670. The van der Waals surface area contributed by atoms with E-state index in [2.05, 4.69) is 10.2 Å². The molecule has 1 heterocycles. The van der Waals surface area contributed by atoms with Gasteiger partial charge < -0.3 is 15.0 Å². The van der Waals surface area contributed by atoms with Crippen LogP contribution in [0, 0.1) is 0 Å². The van der Waals surface area contributed by atoms with Crippen molar-refractivity contribution in [1.29, 1.82) is 0 Å². The summed E-state index contributed by atoms with van der Waals surface area (Å²) in [6, 6.07) is 5.57. The van der Waals surface area contributed by atoms with Gasteiger partial charge in [-0.05, 0) is 23.9 Å². The molecular formula is C10H12N4OS. The number of nitrogens with zero attached hydrogens (tertiary/aromatic N) is 3. The molecule has 16 heavy (non-hydrogen) atoms. The topological polar surface area (TPSA) is 66.0 Å². The normalized spacial score (nSPS) is 10.4. The Kier molecular flexibility index (Phi) is 3.00. The summed E-state index contributed by atoms with van der Waals surface area (Å²) in [4.78, 5) is 0.980. The highest BCUT2D eigenvalue weighted by molar-refractivity contribution is 7.99. The van der Waals surface area contributed by atoms with Gasteiger partial charge in [-0.25, -0.2) is 0 Å². The zero-order chi connectivity index (χ0) is 11.5. The summed E-state index contributed by atoms with van der Waals surface area (Å²) in [5.74, 6) is 0.740.